The van der Waals surface area contributed by atoms with Gasteiger partial charge >= 0.3 is 5.69 Å². The first-order valence-electron chi connectivity index (χ1n) is 6.11. The van der Waals surface area contributed by atoms with Gasteiger partial charge < -0.3 is 9.47 Å². The highest BCUT2D eigenvalue weighted by Gasteiger charge is 2.16. The van der Waals surface area contributed by atoms with Gasteiger partial charge in [0.1, 0.15) is 13.2 Å². The van der Waals surface area contributed by atoms with Gasteiger partial charge in [-0.2, -0.15) is 0 Å². The zero-order valence-corrected chi connectivity index (χ0v) is 11.5. The lowest BCUT2D eigenvalue weighted by Gasteiger charge is -2.19. The molecule has 2 heterocycles. The van der Waals surface area contributed by atoms with Crippen molar-refractivity contribution in [2.24, 2.45) is 0 Å². The molecule has 6 nitrogen and oxygen atoms in total. The van der Waals surface area contributed by atoms with E-state index >= 15 is 0 Å². The predicted molar refractivity (Wildman–Crippen MR) is 76.1 cm³/mol. The number of rotatable bonds is 4. The number of nitrogens with zero attached hydrogens (tertiary/aromatic N) is 2. The second kappa shape index (κ2) is 5.46. The summed E-state index contributed by atoms with van der Waals surface area (Å²) in [6.07, 6.45) is 1.76. The summed E-state index contributed by atoms with van der Waals surface area (Å²) in [6, 6.07) is 5.39. The van der Waals surface area contributed by atoms with Crippen LogP contribution >= 0.6 is 11.8 Å². The maximum atomic E-state index is 11.9. The molecule has 1 aromatic carbocycles. The molecule has 0 saturated carbocycles. The second-order valence-corrected chi connectivity index (χ2v) is 5.06. The highest BCUT2D eigenvalue weighted by atomic mass is 32.2. The highest BCUT2D eigenvalue weighted by molar-refractivity contribution is 7.99. The lowest BCUT2D eigenvalue weighted by Crippen LogP contribution is -2.18. The van der Waals surface area contributed by atoms with Crippen LogP contribution in [0.25, 0.3) is 5.69 Å². The number of aromatic nitrogens is 3. The summed E-state index contributed by atoms with van der Waals surface area (Å²) >= 11 is 1.43. The van der Waals surface area contributed by atoms with Crippen LogP contribution in [0, 0.1) is 0 Å². The van der Waals surface area contributed by atoms with Gasteiger partial charge in [-0.15, -0.1) is 11.7 Å². The molecular formula is C13H13N3O3S. The summed E-state index contributed by atoms with van der Waals surface area (Å²) in [5, 5.41) is 7.05. The summed E-state index contributed by atoms with van der Waals surface area (Å²) < 4.78 is 12.5. The second-order valence-electron chi connectivity index (χ2n) is 4.07. The molecule has 104 valence electrons. The number of H-pyrrole nitrogens is 1. The average molecular weight is 291 g/mol. The summed E-state index contributed by atoms with van der Waals surface area (Å²) in [5.74, 6) is 2.01. The molecule has 0 spiro atoms. The third-order valence-electron chi connectivity index (χ3n) is 2.76. The molecule has 1 N–H and O–H groups in total. The van der Waals surface area contributed by atoms with Crippen LogP contribution in [0.2, 0.25) is 0 Å². The van der Waals surface area contributed by atoms with E-state index in [1.807, 2.05) is 6.07 Å². The Morgan fingerprint density at radius 2 is 2.20 bits per heavy atom. The van der Waals surface area contributed by atoms with Crippen LogP contribution in [-0.4, -0.2) is 33.7 Å². The lowest BCUT2D eigenvalue weighted by atomic mass is 10.2. The Morgan fingerprint density at radius 1 is 1.40 bits per heavy atom. The van der Waals surface area contributed by atoms with Gasteiger partial charge in [0.15, 0.2) is 16.7 Å². The standard InChI is InChI=1S/C13H13N3O3S/c1-2-7-20-13-15-14-12(17)16(13)9-3-4-10-11(8-9)19-6-5-18-10/h2-4,8H,1,5-7H2,(H,14,17). The van der Waals surface area contributed by atoms with Crippen molar-refractivity contribution in [3.05, 3.63) is 41.3 Å². The minimum atomic E-state index is -0.284. The van der Waals surface area contributed by atoms with Crippen molar-refractivity contribution in [2.75, 3.05) is 19.0 Å². The Balaban J connectivity index is 2.02. The number of thioether (sulfide) groups is 1. The maximum Gasteiger partial charge on any atom is 0.348 e. The Hall–Kier alpha value is -2.15. The van der Waals surface area contributed by atoms with Crippen LogP contribution < -0.4 is 15.2 Å². The molecule has 0 saturated heterocycles. The first-order chi connectivity index (χ1) is 9.79. The Morgan fingerprint density at radius 3 is 3.00 bits per heavy atom. The molecule has 0 bridgehead atoms. The SMILES string of the molecule is C=CCSc1n[nH]c(=O)n1-c1ccc2c(c1)OCCO2. The van der Waals surface area contributed by atoms with E-state index in [9.17, 15) is 4.79 Å². The molecule has 0 aliphatic carbocycles. The first kappa shape index (κ1) is 12.9. The van der Waals surface area contributed by atoms with E-state index in [1.165, 1.54) is 16.3 Å². The number of hydrogen-bond donors (Lipinski definition) is 1. The van der Waals surface area contributed by atoms with Crippen molar-refractivity contribution in [2.45, 2.75) is 5.16 Å². The smallest absolute Gasteiger partial charge is 0.348 e. The van der Waals surface area contributed by atoms with Gasteiger partial charge in [0, 0.05) is 11.8 Å². The minimum absolute atomic E-state index is 0.284. The zero-order valence-electron chi connectivity index (χ0n) is 10.7. The molecule has 3 rings (SSSR count). The van der Waals surface area contributed by atoms with Gasteiger partial charge in [0.2, 0.25) is 0 Å². The Bertz CT molecular complexity index is 692. The average Bonchev–Trinajstić information content (AvgIpc) is 2.85. The van der Waals surface area contributed by atoms with E-state index in [0.717, 1.165) is 0 Å². The normalized spacial score (nSPS) is 13.2. The number of ether oxygens (including phenoxy) is 2. The molecule has 7 heteroatoms. The van der Waals surface area contributed by atoms with Gasteiger partial charge in [-0.1, -0.05) is 17.8 Å². The molecule has 1 aliphatic rings. The van der Waals surface area contributed by atoms with E-state index in [0.29, 0.717) is 41.3 Å². The van der Waals surface area contributed by atoms with Crippen molar-refractivity contribution < 1.29 is 9.47 Å². The lowest BCUT2D eigenvalue weighted by molar-refractivity contribution is 0.171. The summed E-state index contributed by atoms with van der Waals surface area (Å²) in [5.41, 5.74) is 0.410. The highest BCUT2D eigenvalue weighted by Crippen LogP contribution is 2.32. The van der Waals surface area contributed by atoms with Gasteiger partial charge in [-0.05, 0) is 12.1 Å². The van der Waals surface area contributed by atoms with Crippen molar-refractivity contribution in [1.82, 2.24) is 14.8 Å². The van der Waals surface area contributed by atoms with Gasteiger partial charge in [0.25, 0.3) is 0 Å². The molecule has 1 aromatic heterocycles. The minimum Gasteiger partial charge on any atom is -0.486 e. The van der Waals surface area contributed by atoms with E-state index in [1.54, 1.807) is 18.2 Å². The Labute approximate surface area is 119 Å². The van der Waals surface area contributed by atoms with Crippen LogP contribution in [0.4, 0.5) is 0 Å². The van der Waals surface area contributed by atoms with Gasteiger partial charge in [-0.25, -0.2) is 14.5 Å². The molecule has 2 aromatic rings. The monoisotopic (exact) mass is 291 g/mol. The molecule has 1 aliphatic heterocycles. The van der Waals surface area contributed by atoms with Crippen LogP contribution in [0.1, 0.15) is 0 Å². The van der Waals surface area contributed by atoms with E-state index in [2.05, 4.69) is 16.8 Å². The predicted octanol–water partition coefficient (Wildman–Crippen LogP) is 1.61. The first-order valence-corrected chi connectivity index (χ1v) is 7.09. The molecule has 0 amide bonds. The molecule has 0 radical (unpaired) electrons. The molecule has 20 heavy (non-hydrogen) atoms. The third-order valence-corrected chi connectivity index (χ3v) is 3.69. The van der Waals surface area contributed by atoms with E-state index < -0.39 is 0 Å². The van der Waals surface area contributed by atoms with Crippen molar-refractivity contribution in [3.63, 3.8) is 0 Å². The van der Waals surface area contributed by atoms with Crippen LogP contribution in [0.15, 0.2) is 40.8 Å². The quantitative estimate of drug-likeness (QED) is 0.684. The van der Waals surface area contributed by atoms with Crippen molar-refractivity contribution >= 4 is 11.8 Å². The fraction of sp³-hybridized carbons (Fsp3) is 0.231. The summed E-state index contributed by atoms with van der Waals surface area (Å²) in [7, 11) is 0. The maximum absolute atomic E-state index is 11.9. The fourth-order valence-electron chi connectivity index (χ4n) is 1.91. The van der Waals surface area contributed by atoms with Crippen molar-refractivity contribution in [3.8, 4) is 17.2 Å². The summed E-state index contributed by atoms with van der Waals surface area (Å²) in [6.45, 7) is 4.71. The number of aromatic amines is 1. The molecule has 0 unspecified atom stereocenters. The van der Waals surface area contributed by atoms with Gasteiger partial charge in [0.05, 0.1) is 5.69 Å². The van der Waals surface area contributed by atoms with E-state index in [4.69, 9.17) is 9.47 Å². The van der Waals surface area contributed by atoms with Crippen LogP contribution in [0.3, 0.4) is 0 Å². The van der Waals surface area contributed by atoms with Crippen LogP contribution in [0.5, 0.6) is 11.5 Å². The molecule has 0 atom stereocenters. The topological polar surface area (TPSA) is 69.1 Å². The fourth-order valence-corrected chi connectivity index (χ4v) is 2.61. The third kappa shape index (κ3) is 2.32. The summed E-state index contributed by atoms with van der Waals surface area (Å²) in [4.78, 5) is 11.9. The number of hydrogen-bond acceptors (Lipinski definition) is 5. The zero-order chi connectivity index (χ0) is 13.9. The number of benzene rings is 1. The van der Waals surface area contributed by atoms with Gasteiger partial charge in [-0.3, -0.25) is 0 Å². The van der Waals surface area contributed by atoms with E-state index in [-0.39, 0.29) is 5.69 Å². The number of nitrogens with one attached hydrogen (secondary N) is 1. The molecular weight excluding hydrogens is 278 g/mol. The molecule has 0 fully saturated rings. The van der Waals surface area contributed by atoms with Crippen molar-refractivity contribution in [1.29, 1.82) is 0 Å². The Kier molecular flexibility index (Phi) is 3.51. The largest absolute Gasteiger partial charge is 0.486 e. The number of fused-ring (bicyclic) bond motifs is 1. The van der Waals surface area contributed by atoms with Crippen LogP contribution in [-0.2, 0) is 0 Å².